The van der Waals surface area contributed by atoms with Gasteiger partial charge in [0.05, 0.1) is 5.69 Å². The Balaban J connectivity index is 2.15. The van der Waals surface area contributed by atoms with E-state index in [1.807, 2.05) is 31.2 Å². The molecular weight excluding hydrogens is 196 g/mol. The zero-order valence-electron chi connectivity index (χ0n) is 7.92. The van der Waals surface area contributed by atoms with Gasteiger partial charge in [-0.1, -0.05) is 23.7 Å². The minimum Gasteiger partial charge on any atom is -0.283 e. The van der Waals surface area contributed by atoms with E-state index in [9.17, 15) is 0 Å². The predicted molar refractivity (Wildman–Crippen MR) is 57.6 cm³/mol. The van der Waals surface area contributed by atoms with Crippen molar-refractivity contribution in [2.75, 3.05) is 0 Å². The number of nitrogens with zero attached hydrogens (tertiary/aromatic N) is 1. The number of aryl methyl sites for hydroxylation is 1. The highest BCUT2D eigenvalue weighted by Crippen LogP contribution is 2.12. The van der Waals surface area contributed by atoms with Crippen molar-refractivity contribution < 1.29 is 0 Å². The fourth-order valence-corrected chi connectivity index (χ4v) is 1.50. The van der Waals surface area contributed by atoms with Crippen LogP contribution < -0.4 is 0 Å². The summed E-state index contributed by atoms with van der Waals surface area (Å²) in [4.78, 5) is 0. The fraction of sp³-hybridized carbons (Fsp3) is 0.182. The maximum Gasteiger partial charge on any atom is 0.0668 e. The highest BCUT2D eigenvalue weighted by atomic mass is 35.5. The second-order valence-electron chi connectivity index (χ2n) is 3.35. The zero-order valence-corrected chi connectivity index (χ0v) is 8.67. The zero-order chi connectivity index (χ0) is 9.97. The van der Waals surface area contributed by atoms with E-state index in [0.717, 1.165) is 22.8 Å². The quantitative estimate of drug-likeness (QED) is 0.804. The molecule has 1 heterocycles. The van der Waals surface area contributed by atoms with Gasteiger partial charge in [0, 0.05) is 17.1 Å². The Hall–Kier alpha value is -1.28. The van der Waals surface area contributed by atoms with Gasteiger partial charge >= 0.3 is 0 Å². The molecule has 1 aromatic carbocycles. The number of nitrogens with one attached hydrogen (secondary N) is 1. The summed E-state index contributed by atoms with van der Waals surface area (Å²) in [5.74, 6) is 0. The lowest BCUT2D eigenvalue weighted by atomic mass is 10.1. The molecule has 1 aromatic heterocycles. The second kappa shape index (κ2) is 3.84. The van der Waals surface area contributed by atoms with Crippen LogP contribution in [0.25, 0.3) is 0 Å². The summed E-state index contributed by atoms with van der Waals surface area (Å²) in [6, 6.07) is 9.89. The largest absolute Gasteiger partial charge is 0.283 e. The van der Waals surface area contributed by atoms with Crippen LogP contribution in [0.5, 0.6) is 0 Å². The molecule has 0 saturated carbocycles. The molecule has 0 spiro atoms. The maximum atomic E-state index is 5.80. The van der Waals surface area contributed by atoms with E-state index >= 15 is 0 Å². The summed E-state index contributed by atoms with van der Waals surface area (Å²) in [5.41, 5.74) is 3.37. The van der Waals surface area contributed by atoms with Crippen LogP contribution in [0.3, 0.4) is 0 Å². The van der Waals surface area contributed by atoms with Gasteiger partial charge in [-0.05, 0) is 30.7 Å². The van der Waals surface area contributed by atoms with Crippen LogP contribution in [0.4, 0.5) is 0 Å². The third-order valence-electron chi connectivity index (χ3n) is 2.06. The van der Waals surface area contributed by atoms with Gasteiger partial charge in [-0.3, -0.25) is 5.10 Å². The monoisotopic (exact) mass is 206 g/mol. The van der Waals surface area contributed by atoms with Crippen LogP contribution in [-0.4, -0.2) is 10.2 Å². The van der Waals surface area contributed by atoms with Crippen molar-refractivity contribution in [2.24, 2.45) is 0 Å². The number of halogens is 1. The van der Waals surface area contributed by atoms with E-state index in [-0.39, 0.29) is 0 Å². The Bertz CT molecular complexity index is 417. The lowest BCUT2D eigenvalue weighted by Gasteiger charge is -1.97. The molecule has 0 bridgehead atoms. The fourth-order valence-electron chi connectivity index (χ4n) is 1.38. The normalized spacial score (nSPS) is 10.4. The summed E-state index contributed by atoms with van der Waals surface area (Å²) >= 11 is 5.80. The van der Waals surface area contributed by atoms with Crippen LogP contribution in [0.1, 0.15) is 17.0 Å². The molecule has 1 N–H and O–H groups in total. The minimum atomic E-state index is 0.770. The van der Waals surface area contributed by atoms with E-state index in [0.29, 0.717) is 0 Å². The number of aromatic amines is 1. The number of hydrogen-bond donors (Lipinski definition) is 1. The van der Waals surface area contributed by atoms with E-state index in [2.05, 4.69) is 16.3 Å². The highest BCUT2D eigenvalue weighted by molar-refractivity contribution is 6.30. The van der Waals surface area contributed by atoms with Crippen molar-refractivity contribution in [3.05, 3.63) is 52.3 Å². The molecule has 0 aliphatic heterocycles. The van der Waals surface area contributed by atoms with Crippen molar-refractivity contribution in [2.45, 2.75) is 13.3 Å². The summed E-state index contributed by atoms with van der Waals surface area (Å²) < 4.78 is 0. The Morgan fingerprint density at radius 2 is 2.00 bits per heavy atom. The minimum absolute atomic E-state index is 0.770. The molecule has 0 aliphatic rings. The molecular formula is C11H11ClN2. The van der Waals surface area contributed by atoms with Crippen molar-refractivity contribution in [3.8, 4) is 0 Å². The first-order valence-electron chi connectivity index (χ1n) is 4.49. The third-order valence-corrected chi connectivity index (χ3v) is 2.31. The molecule has 0 saturated heterocycles. The Kier molecular flexibility index (Phi) is 2.55. The van der Waals surface area contributed by atoms with Gasteiger partial charge in [-0.25, -0.2) is 0 Å². The summed E-state index contributed by atoms with van der Waals surface area (Å²) in [6.07, 6.45) is 0.849. The van der Waals surface area contributed by atoms with Crippen LogP contribution in [0.2, 0.25) is 5.02 Å². The average Bonchev–Trinajstić information content (AvgIpc) is 2.56. The smallest absolute Gasteiger partial charge is 0.0668 e. The van der Waals surface area contributed by atoms with Gasteiger partial charge in [0.15, 0.2) is 0 Å². The molecule has 14 heavy (non-hydrogen) atoms. The number of hydrogen-bond acceptors (Lipinski definition) is 1. The summed E-state index contributed by atoms with van der Waals surface area (Å²) in [6.45, 7) is 2.00. The van der Waals surface area contributed by atoms with Crippen LogP contribution >= 0.6 is 11.6 Å². The van der Waals surface area contributed by atoms with E-state index in [1.54, 1.807) is 0 Å². The van der Waals surface area contributed by atoms with Gasteiger partial charge in [-0.2, -0.15) is 5.10 Å². The topological polar surface area (TPSA) is 28.7 Å². The lowest BCUT2D eigenvalue weighted by Crippen LogP contribution is -1.87. The van der Waals surface area contributed by atoms with Crippen molar-refractivity contribution >= 4 is 11.6 Å². The van der Waals surface area contributed by atoms with Crippen LogP contribution in [0, 0.1) is 6.92 Å². The first-order valence-corrected chi connectivity index (χ1v) is 4.87. The average molecular weight is 207 g/mol. The van der Waals surface area contributed by atoms with E-state index in [4.69, 9.17) is 11.6 Å². The number of rotatable bonds is 2. The molecule has 0 radical (unpaired) electrons. The number of benzene rings is 1. The Morgan fingerprint density at radius 3 is 2.57 bits per heavy atom. The summed E-state index contributed by atoms with van der Waals surface area (Å²) in [5, 5.41) is 7.87. The van der Waals surface area contributed by atoms with Crippen molar-refractivity contribution in [1.29, 1.82) is 0 Å². The highest BCUT2D eigenvalue weighted by Gasteiger charge is 1.99. The first kappa shape index (κ1) is 9.28. The number of H-pyrrole nitrogens is 1. The molecule has 0 unspecified atom stereocenters. The van der Waals surface area contributed by atoms with Crippen molar-refractivity contribution in [1.82, 2.24) is 10.2 Å². The van der Waals surface area contributed by atoms with Gasteiger partial charge in [0.25, 0.3) is 0 Å². The molecule has 3 heteroatoms. The Labute approximate surface area is 87.9 Å². The van der Waals surface area contributed by atoms with Gasteiger partial charge in [-0.15, -0.1) is 0 Å². The molecule has 72 valence electrons. The maximum absolute atomic E-state index is 5.80. The van der Waals surface area contributed by atoms with Crippen LogP contribution in [0.15, 0.2) is 30.3 Å². The summed E-state index contributed by atoms with van der Waals surface area (Å²) in [7, 11) is 0. The van der Waals surface area contributed by atoms with Crippen LogP contribution in [-0.2, 0) is 6.42 Å². The van der Waals surface area contributed by atoms with Gasteiger partial charge in [0.2, 0.25) is 0 Å². The molecule has 2 rings (SSSR count). The molecule has 2 nitrogen and oxygen atoms in total. The molecule has 0 atom stereocenters. The third kappa shape index (κ3) is 2.15. The van der Waals surface area contributed by atoms with E-state index in [1.165, 1.54) is 5.56 Å². The molecule has 0 fully saturated rings. The van der Waals surface area contributed by atoms with E-state index < -0.39 is 0 Å². The van der Waals surface area contributed by atoms with Gasteiger partial charge < -0.3 is 0 Å². The molecule has 0 amide bonds. The SMILES string of the molecule is Cc1cc(Cc2ccc(Cl)cc2)n[nH]1. The molecule has 2 aromatic rings. The second-order valence-corrected chi connectivity index (χ2v) is 3.78. The Morgan fingerprint density at radius 1 is 1.29 bits per heavy atom. The first-order chi connectivity index (χ1) is 6.74. The van der Waals surface area contributed by atoms with Gasteiger partial charge in [0.1, 0.15) is 0 Å². The number of aromatic nitrogens is 2. The lowest BCUT2D eigenvalue weighted by molar-refractivity contribution is 0.980. The predicted octanol–water partition coefficient (Wildman–Crippen LogP) is 2.96. The van der Waals surface area contributed by atoms with Crippen molar-refractivity contribution in [3.63, 3.8) is 0 Å². The molecule has 0 aliphatic carbocycles. The standard InChI is InChI=1S/C11H11ClN2/c1-8-6-11(14-13-8)7-9-2-4-10(12)5-3-9/h2-6H,7H2,1H3,(H,13,14).